The molecule has 0 saturated heterocycles. The molecule has 1 aromatic carbocycles. The van der Waals surface area contributed by atoms with Crippen molar-refractivity contribution in [2.45, 2.75) is 19.8 Å². The summed E-state index contributed by atoms with van der Waals surface area (Å²) in [5.74, 6) is -0.435. The van der Waals surface area contributed by atoms with Crippen LogP contribution in [0.25, 0.3) is 0 Å². The van der Waals surface area contributed by atoms with Gasteiger partial charge in [0.2, 0.25) is 0 Å². The fourth-order valence-corrected chi connectivity index (χ4v) is 1.14. The Hall–Kier alpha value is -1.45. The van der Waals surface area contributed by atoms with Gasteiger partial charge in [0.05, 0.1) is 12.2 Å². The first-order valence-corrected chi connectivity index (χ1v) is 4.90. The molecule has 0 heterocycles. The molecule has 0 spiro atoms. The van der Waals surface area contributed by atoms with Crippen LogP contribution in [0.2, 0.25) is 0 Å². The van der Waals surface area contributed by atoms with Gasteiger partial charge in [0.15, 0.2) is 0 Å². The zero-order valence-corrected chi connectivity index (χ0v) is 8.69. The molecule has 0 unspecified atom stereocenters. The molecule has 0 bridgehead atoms. The van der Waals surface area contributed by atoms with E-state index in [1.165, 1.54) is 12.1 Å². The largest absolute Gasteiger partial charge is 0.494 e. The van der Waals surface area contributed by atoms with Crippen LogP contribution >= 0.6 is 0 Å². The number of ether oxygens (including phenoxy) is 1. The van der Waals surface area contributed by atoms with Crippen LogP contribution in [0, 0.1) is 0 Å². The van der Waals surface area contributed by atoms with Gasteiger partial charge in [-0.1, -0.05) is 24.9 Å². The number of hydrogen-bond donors (Lipinski definition) is 1. The van der Waals surface area contributed by atoms with Crippen molar-refractivity contribution in [2.24, 2.45) is 0 Å². The predicted octanol–water partition coefficient (Wildman–Crippen LogP) is 1.36. The maximum atomic E-state index is 10.6. The molecule has 0 aromatic heterocycles. The molecular formula is C11H13BO3. The van der Waals surface area contributed by atoms with E-state index in [0.29, 0.717) is 17.8 Å². The fourth-order valence-electron chi connectivity index (χ4n) is 1.14. The van der Waals surface area contributed by atoms with Gasteiger partial charge in [-0.15, -0.1) is 0 Å². The number of hydrogen-bond acceptors (Lipinski definition) is 2. The van der Waals surface area contributed by atoms with Crippen molar-refractivity contribution >= 4 is 19.3 Å². The number of carbonyl (C=O) groups is 1. The molecule has 0 aliphatic rings. The average Bonchev–Trinajstić information content (AvgIpc) is 2.20. The Morgan fingerprint density at radius 1 is 1.53 bits per heavy atom. The maximum Gasteiger partial charge on any atom is 0.335 e. The molecule has 2 radical (unpaired) electrons. The van der Waals surface area contributed by atoms with E-state index in [1.54, 1.807) is 6.07 Å². The van der Waals surface area contributed by atoms with E-state index in [1.807, 2.05) is 0 Å². The van der Waals surface area contributed by atoms with Gasteiger partial charge in [0, 0.05) is 0 Å². The van der Waals surface area contributed by atoms with Crippen LogP contribution in [-0.2, 0) is 0 Å². The topological polar surface area (TPSA) is 46.5 Å². The smallest absolute Gasteiger partial charge is 0.335 e. The third-order valence-electron chi connectivity index (χ3n) is 2.01. The molecule has 78 valence electrons. The minimum Gasteiger partial charge on any atom is -0.494 e. The molecule has 0 atom stereocenters. The standard InChI is InChI=1S/C11H13BO3/c1-2-3-6-15-10-5-4-8(11(13)14)7-9(10)12/h4-5,7H,2-3,6H2,1H3,(H,13,14). The van der Waals surface area contributed by atoms with Gasteiger partial charge in [-0.3, -0.25) is 0 Å². The Balaban J connectivity index is 2.70. The molecule has 1 N–H and O–H groups in total. The summed E-state index contributed by atoms with van der Waals surface area (Å²) in [5.41, 5.74) is 0.543. The van der Waals surface area contributed by atoms with Crippen molar-refractivity contribution in [2.75, 3.05) is 6.61 Å². The highest BCUT2D eigenvalue weighted by molar-refractivity contribution is 6.34. The number of benzene rings is 1. The van der Waals surface area contributed by atoms with Gasteiger partial charge < -0.3 is 9.84 Å². The Labute approximate surface area is 90.5 Å². The lowest BCUT2D eigenvalue weighted by molar-refractivity contribution is 0.0697. The first-order valence-electron chi connectivity index (χ1n) is 4.90. The molecule has 15 heavy (non-hydrogen) atoms. The zero-order valence-electron chi connectivity index (χ0n) is 8.69. The first-order chi connectivity index (χ1) is 7.15. The summed E-state index contributed by atoms with van der Waals surface area (Å²) in [6, 6.07) is 4.48. The lowest BCUT2D eigenvalue weighted by Crippen LogP contribution is -2.12. The minimum atomic E-state index is -0.984. The third-order valence-corrected chi connectivity index (χ3v) is 2.01. The van der Waals surface area contributed by atoms with Gasteiger partial charge in [0.25, 0.3) is 0 Å². The van der Waals surface area contributed by atoms with Crippen LogP contribution in [0.15, 0.2) is 18.2 Å². The van der Waals surface area contributed by atoms with E-state index >= 15 is 0 Å². The number of aromatic carboxylic acids is 1. The summed E-state index contributed by atoms with van der Waals surface area (Å²) in [7, 11) is 5.65. The number of unbranched alkanes of at least 4 members (excludes halogenated alkanes) is 1. The van der Waals surface area contributed by atoms with E-state index in [2.05, 4.69) is 6.92 Å². The van der Waals surface area contributed by atoms with E-state index < -0.39 is 5.97 Å². The quantitative estimate of drug-likeness (QED) is 0.581. The van der Waals surface area contributed by atoms with E-state index in [9.17, 15) is 4.79 Å². The van der Waals surface area contributed by atoms with Crippen molar-refractivity contribution in [1.82, 2.24) is 0 Å². The predicted molar refractivity (Wildman–Crippen MR) is 59.2 cm³/mol. The molecule has 0 fully saturated rings. The summed E-state index contributed by atoms with van der Waals surface area (Å²) in [6.07, 6.45) is 2.01. The SMILES string of the molecule is [B]c1cc(C(=O)O)ccc1OCCCC. The lowest BCUT2D eigenvalue weighted by atomic mass is 9.93. The molecule has 0 aliphatic heterocycles. The van der Waals surface area contributed by atoms with Crippen molar-refractivity contribution < 1.29 is 14.6 Å². The van der Waals surface area contributed by atoms with Crippen LogP contribution in [0.1, 0.15) is 30.1 Å². The molecule has 3 nitrogen and oxygen atoms in total. The van der Waals surface area contributed by atoms with Crippen molar-refractivity contribution in [3.63, 3.8) is 0 Å². The van der Waals surface area contributed by atoms with E-state index in [-0.39, 0.29) is 5.56 Å². The molecule has 0 saturated carbocycles. The zero-order chi connectivity index (χ0) is 11.3. The normalized spacial score (nSPS) is 9.93. The Morgan fingerprint density at radius 3 is 2.80 bits per heavy atom. The Morgan fingerprint density at radius 2 is 2.27 bits per heavy atom. The van der Waals surface area contributed by atoms with Gasteiger partial charge in [-0.25, -0.2) is 4.79 Å². The molecule has 1 rings (SSSR count). The van der Waals surface area contributed by atoms with Crippen LogP contribution in [0.5, 0.6) is 5.75 Å². The van der Waals surface area contributed by atoms with Crippen molar-refractivity contribution in [3.05, 3.63) is 23.8 Å². The van der Waals surface area contributed by atoms with Crippen molar-refractivity contribution in [3.8, 4) is 5.75 Å². The second kappa shape index (κ2) is 5.44. The monoisotopic (exact) mass is 204 g/mol. The summed E-state index contributed by atoms with van der Waals surface area (Å²) < 4.78 is 5.39. The highest BCUT2D eigenvalue weighted by Crippen LogP contribution is 2.09. The Kier molecular flexibility index (Phi) is 4.22. The highest BCUT2D eigenvalue weighted by Gasteiger charge is 2.05. The van der Waals surface area contributed by atoms with Gasteiger partial charge in [0.1, 0.15) is 13.6 Å². The van der Waals surface area contributed by atoms with Crippen LogP contribution in [0.3, 0.4) is 0 Å². The van der Waals surface area contributed by atoms with Crippen LogP contribution in [-0.4, -0.2) is 25.5 Å². The molecule has 1 aromatic rings. The van der Waals surface area contributed by atoms with Crippen LogP contribution in [0.4, 0.5) is 0 Å². The number of rotatable bonds is 5. The van der Waals surface area contributed by atoms with E-state index in [0.717, 1.165) is 12.8 Å². The van der Waals surface area contributed by atoms with Gasteiger partial charge >= 0.3 is 5.97 Å². The molecule has 4 heteroatoms. The van der Waals surface area contributed by atoms with Crippen molar-refractivity contribution in [1.29, 1.82) is 0 Å². The van der Waals surface area contributed by atoms with E-state index in [4.69, 9.17) is 17.7 Å². The Bertz CT molecular complexity index is 350. The summed E-state index contributed by atoms with van der Waals surface area (Å²) >= 11 is 0. The molecule has 0 aliphatic carbocycles. The highest BCUT2D eigenvalue weighted by atomic mass is 16.5. The van der Waals surface area contributed by atoms with Crippen LogP contribution < -0.4 is 10.2 Å². The summed E-state index contributed by atoms with van der Waals surface area (Å²) in [6.45, 7) is 2.67. The maximum absolute atomic E-state index is 10.6. The second-order valence-corrected chi connectivity index (χ2v) is 3.26. The first kappa shape index (κ1) is 11.6. The fraction of sp³-hybridized carbons (Fsp3) is 0.364. The number of carboxylic acid groups (broad SMARTS) is 1. The minimum absolute atomic E-state index is 0.176. The third kappa shape index (κ3) is 3.31. The lowest BCUT2D eigenvalue weighted by Gasteiger charge is -2.09. The van der Waals surface area contributed by atoms with Gasteiger partial charge in [-0.2, -0.15) is 0 Å². The average molecular weight is 204 g/mol. The van der Waals surface area contributed by atoms with Gasteiger partial charge in [-0.05, 0) is 18.6 Å². The summed E-state index contributed by atoms with van der Waals surface area (Å²) in [5, 5.41) is 8.72. The summed E-state index contributed by atoms with van der Waals surface area (Å²) in [4.78, 5) is 10.6. The molecule has 0 amide bonds. The number of carboxylic acids is 1. The second-order valence-electron chi connectivity index (χ2n) is 3.26. The molecular weight excluding hydrogens is 191 g/mol.